The SMILES string of the molecule is O=C(c1ccoc1)N1CC[C@@H]2C[C@H](c3nnc(C4CC4)o3)O[C@H]2C1. The number of amides is 1. The molecule has 5 rings (SSSR count). The van der Waals surface area contributed by atoms with Crippen molar-refractivity contribution in [3.8, 4) is 0 Å². The second-order valence-electron chi connectivity index (χ2n) is 6.96. The van der Waals surface area contributed by atoms with E-state index in [0.717, 1.165) is 38.1 Å². The number of hydrogen-bond donors (Lipinski definition) is 0. The maximum absolute atomic E-state index is 12.5. The van der Waals surface area contributed by atoms with Crippen LogP contribution in [0.2, 0.25) is 0 Å². The Hall–Kier alpha value is -2.15. The standard InChI is InChI=1S/C17H19N3O4/c21-17(12-4-6-22-9-12)20-5-3-11-7-13(23-14(11)8-20)16-19-18-15(24-16)10-1-2-10/h4,6,9-11,13-14H,1-3,5,7-8H2/t11-,13-,14+/m1/s1. The average Bonchev–Trinajstić information content (AvgIpc) is 3.06. The number of nitrogens with zero attached hydrogens (tertiary/aromatic N) is 3. The number of hydrogen-bond acceptors (Lipinski definition) is 6. The van der Waals surface area contributed by atoms with Gasteiger partial charge in [-0.15, -0.1) is 10.2 Å². The van der Waals surface area contributed by atoms with Crippen molar-refractivity contribution in [2.75, 3.05) is 13.1 Å². The fourth-order valence-corrected chi connectivity index (χ4v) is 3.71. The van der Waals surface area contributed by atoms with Gasteiger partial charge in [0.1, 0.15) is 12.4 Å². The Morgan fingerprint density at radius 1 is 1.21 bits per heavy atom. The summed E-state index contributed by atoms with van der Waals surface area (Å²) in [6.07, 6.45) is 7.03. The Balaban J connectivity index is 1.26. The molecule has 7 heteroatoms. The molecule has 7 nitrogen and oxygen atoms in total. The molecule has 2 aromatic rings. The van der Waals surface area contributed by atoms with Crippen LogP contribution in [-0.4, -0.2) is 40.2 Å². The summed E-state index contributed by atoms with van der Waals surface area (Å²) in [4.78, 5) is 14.3. The molecule has 3 atom stereocenters. The Kier molecular flexibility index (Phi) is 3.22. The second kappa shape index (κ2) is 5.44. The van der Waals surface area contributed by atoms with Gasteiger partial charge in [-0.2, -0.15) is 0 Å². The molecule has 0 radical (unpaired) electrons. The van der Waals surface area contributed by atoms with Crippen LogP contribution in [0.15, 0.2) is 27.4 Å². The minimum atomic E-state index is -0.135. The van der Waals surface area contributed by atoms with E-state index in [1.165, 1.54) is 12.5 Å². The summed E-state index contributed by atoms with van der Waals surface area (Å²) in [7, 11) is 0. The molecule has 2 saturated heterocycles. The first-order chi connectivity index (χ1) is 11.8. The van der Waals surface area contributed by atoms with Crippen molar-refractivity contribution >= 4 is 5.91 Å². The van der Waals surface area contributed by atoms with Crippen molar-refractivity contribution in [1.82, 2.24) is 15.1 Å². The highest BCUT2D eigenvalue weighted by Crippen LogP contribution is 2.43. The van der Waals surface area contributed by atoms with Gasteiger partial charge in [-0.3, -0.25) is 4.79 Å². The van der Waals surface area contributed by atoms with Gasteiger partial charge in [0.2, 0.25) is 11.8 Å². The lowest BCUT2D eigenvalue weighted by atomic mass is 9.91. The van der Waals surface area contributed by atoms with Gasteiger partial charge in [-0.05, 0) is 37.7 Å². The molecule has 0 spiro atoms. The predicted molar refractivity (Wildman–Crippen MR) is 81.2 cm³/mol. The summed E-state index contributed by atoms with van der Waals surface area (Å²) in [5.74, 6) is 2.25. The maximum atomic E-state index is 12.5. The summed E-state index contributed by atoms with van der Waals surface area (Å²) in [5, 5.41) is 8.32. The summed E-state index contributed by atoms with van der Waals surface area (Å²) in [5.41, 5.74) is 0.592. The molecule has 1 amide bonds. The molecule has 3 fully saturated rings. The van der Waals surface area contributed by atoms with E-state index in [9.17, 15) is 4.79 Å². The molecular formula is C17H19N3O4. The van der Waals surface area contributed by atoms with Crippen molar-refractivity contribution in [2.45, 2.75) is 43.8 Å². The van der Waals surface area contributed by atoms with Crippen molar-refractivity contribution in [2.24, 2.45) is 5.92 Å². The molecule has 1 saturated carbocycles. The van der Waals surface area contributed by atoms with Crippen molar-refractivity contribution in [3.05, 3.63) is 35.9 Å². The molecule has 2 aromatic heterocycles. The third-order valence-electron chi connectivity index (χ3n) is 5.27. The van der Waals surface area contributed by atoms with Gasteiger partial charge in [0, 0.05) is 19.0 Å². The van der Waals surface area contributed by atoms with Crippen LogP contribution >= 0.6 is 0 Å². The Morgan fingerprint density at radius 3 is 2.88 bits per heavy atom. The summed E-state index contributed by atoms with van der Waals surface area (Å²) >= 11 is 0. The molecule has 2 aliphatic heterocycles. The maximum Gasteiger partial charge on any atom is 0.257 e. The number of fused-ring (bicyclic) bond motifs is 1. The summed E-state index contributed by atoms with van der Waals surface area (Å²) in [6, 6.07) is 1.70. The van der Waals surface area contributed by atoms with Gasteiger partial charge < -0.3 is 18.5 Å². The highest BCUT2D eigenvalue weighted by molar-refractivity contribution is 5.93. The molecule has 4 heterocycles. The van der Waals surface area contributed by atoms with E-state index in [2.05, 4.69) is 10.2 Å². The van der Waals surface area contributed by atoms with Crippen LogP contribution in [0.3, 0.4) is 0 Å². The lowest BCUT2D eigenvalue weighted by molar-refractivity contribution is -0.0124. The summed E-state index contributed by atoms with van der Waals surface area (Å²) in [6.45, 7) is 1.35. The zero-order valence-electron chi connectivity index (χ0n) is 13.3. The van der Waals surface area contributed by atoms with Gasteiger partial charge in [0.05, 0.1) is 17.9 Å². The fourth-order valence-electron chi connectivity index (χ4n) is 3.71. The van der Waals surface area contributed by atoms with E-state index in [1.807, 2.05) is 4.90 Å². The number of furan rings is 1. The number of carbonyl (C=O) groups is 1. The van der Waals surface area contributed by atoms with Crippen LogP contribution in [0.5, 0.6) is 0 Å². The van der Waals surface area contributed by atoms with E-state index >= 15 is 0 Å². The van der Waals surface area contributed by atoms with Crippen molar-refractivity contribution in [3.63, 3.8) is 0 Å². The number of aromatic nitrogens is 2. The first-order valence-electron chi connectivity index (χ1n) is 8.58. The summed E-state index contributed by atoms with van der Waals surface area (Å²) < 4.78 is 16.9. The zero-order valence-corrected chi connectivity index (χ0v) is 13.3. The van der Waals surface area contributed by atoms with Crippen LogP contribution in [0.25, 0.3) is 0 Å². The smallest absolute Gasteiger partial charge is 0.257 e. The van der Waals surface area contributed by atoms with Gasteiger partial charge in [-0.1, -0.05) is 0 Å². The lowest BCUT2D eigenvalue weighted by Gasteiger charge is -2.33. The Morgan fingerprint density at radius 2 is 2.08 bits per heavy atom. The molecular weight excluding hydrogens is 310 g/mol. The highest BCUT2D eigenvalue weighted by Gasteiger charge is 2.43. The van der Waals surface area contributed by atoms with Gasteiger partial charge >= 0.3 is 0 Å². The van der Waals surface area contributed by atoms with Crippen LogP contribution in [0, 0.1) is 5.92 Å². The largest absolute Gasteiger partial charge is 0.472 e. The monoisotopic (exact) mass is 329 g/mol. The molecule has 1 aliphatic carbocycles. The molecule has 3 aliphatic rings. The van der Waals surface area contributed by atoms with Gasteiger partial charge in [-0.25, -0.2) is 0 Å². The van der Waals surface area contributed by atoms with E-state index in [4.69, 9.17) is 13.6 Å². The Labute approximate surface area is 139 Å². The molecule has 0 bridgehead atoms. The predicted octanol–water partition coefficient (Wildman–Crippen LogP) is 2.53. The van der Waals surface area contributed by atoms with E-state index in [1.54, 1.807) is 6.07 Å². The van der Waals surface area contributed by atoms with Gasteiger partial charge in [0.25, 0.3) is 5.91 Å². The highest BCUT2D eigenvalue weighted by atomic mass is 16.5. The molecule has 126 valence electrons. The number of piperidine rings is 1. The minimum absolute atomic E-state index is 0.00283. The van der Waals surface area contributed by atoms with E-state index in [0.29, 0.717) is 29.8 Å². The number of rotatable bonds is 3. The topological polar surface area (TPSA) is 81.6 Å². The minimum Gasteiger partial charge on any atom is -0.472 e. The number of likely N-dealkylation sites (tertiary alicyclic amines) is 1. The van der Waals surface area contributed by atoms with Gasteiger partial charge in [0.15, 0.2) is 0 Å². The van der Waals surface area contributed by atoms with Crippen LogP contribution in [0.4, 0.5) is 0 Å². The average molecular weight is 329 g/mol. The molecule has 0 aromatic carbocycles. The quantitative estimate of drug-likeness (QED) is 0.860. The first kappa shape index (κ1) is 14.2. The number of carbonyl (C=O) groups excluding carboxylic acids is 1. The van der Waals surface area contributed by atoms with E-state index in [-0.39, 0.29) is 18.1 Å². The Bertz CT molecular complexity index is 737. The van der Waals surface area contributed by atoms with Crippen LogP contribution in [0.1, 0.15) is 59.8 Å². The van der Waals surface area contributed by atoms with Crippen LogP contribution < -0.4 is 0 Å². The fraction of sp³-hybridized carbons (Fsp3) is 0.588. The van der Waals surface area contributed by atoms with Crippen molar-refractivity contribution < 1.29 is 18.4 Å². The van der Waals surface area contributed by atoms with Crippen LogP contribution in [-0.2, 0) is 4.74 Å². The third-order valence-corrected chi connectivity index (χ3v) is 5.27. The molecule has 0 N–H and O–H groups in total. The molecule has 24 heavy (non-hydrogen) atoms. The lowest BCUT2D eigenvalue weighted by Crippen LogP contribution is -2.45. The normalized spacial score (nSPS) is 29.7. The zero-order chi connectivity index (χ0) is 16.1. The third kappa shape index (κ3) is 2.43. The second-order valence-corrected chi connectivity index (χ2v) is 6.96. The number of ether oxygens (including phenoxy) is 1. The van der Waals surface area contributed by atoms with Crippen molar-refractivity contribution in [1.29, 1.82) is 0 Å². The molecule has 0 unspecified atom stereocenters. The first-order valence-corrected chi connectivity index (χ1v) is 8.58. The van der Waals surface area contributed by atoms with E-state index < -0.39 is 0 Å².